The molecule has 1 aliphatic heterocycles. The molecule has 1 saturated heterocycles. The fraction of sp³-hybridized carbons (Fsp3) is 0.556. The second-order valence-corrected chi connectivity index (χ2v) is 7.88. The number of aromatic nitrogens is 1. The largest absolute Gasteiger partial charge is 0.342 e. The number of amides is 1. The zero-order chi connectivity index (χ0) is 15.8. The van der Waals surface area contributed by atoms with E-state index in [1.54, 1.807) is 11.3 Å². The molecule has 4 nitrogen and oxygen atoms in total. The molecule has 0 spiro atoms. The van der Waals surface area contributed by atoms with E-state index in [9.17, 15) is 4.79 Å². The van der Waals surface area contributed by atoms with Gasteiger partial charge in [-0.05, 0) is 37.8 Å². The minimum Gasteiger partial charge on any atom is -0.342 e. The van der Waals surface area contributed by atoms with Crippen molar-refractivity contribution in [3.05, 3.63) is 29.3 Å². The molecular formula is C18H23N3OS. The van der Waals surface area contributed by atoms with Crippen LogP contribution >= 0.6 is 11.3 Å². The highest BCUT2D eigenvalue weighted by Gasteiger charge is 2.35. The third kappa shape index (κ3) is 2.88. The lowest BCUT2D eigenvalue weighted by molar-refractivity contribution is -0.136. The lowest BCUT2D eigenvalue weighted by Crippen LogP contribution is -2.45. The Morgan fingerprint density at radius 3 is 2.65 bits per heavy atom. The molecule has 1 saturated carbocycles. The fourth-order valence-electron chi connectivity index (χ4n) is 3.94. The zero-order valence-electron chi connectivity index (χ0n) is 13.3. The summed E-state index contributed by atoms with van der Waals surface area (Å²) in [5.41, 5.74) is 7.19. The number of nitrogens with two attached hydrogens (primary N) is 1. The van der Waals surface area contributed by atoms with Crippen molar-refractivity contribution in [2.24, 2.45) is 11.7 Å². The van der Waals surface area contributed by atoms with Gasteiger partial charge in [0.05, 0.1) is 21.1 Å². The highest BCUT2D eigenvalue weighted by Crippen LogP contribution is 2.35. The van der Waals surface area contributed by atoms with E-state index in [1.165, 1.54) is 9.71 Å². The number of benzene rings is 1. The number of hydrogen-bond donors (Lipinski definition) is 1. The number of carbonyl (C=O) groups is 1. The number of fused-ring (bicyclic) bond motifs is 1. The monoisotopic (exact) mass is 329 g/mol. The van der Waals surface area contributed by atoms with Crippen LogP contribution in [0.1, 0.15) is 43.0 Å². The molecule has 2 atom stereocenters. The van der Waals surface area contributed by atoms with Crippen LogP contribution in [0.25, 0.3) is 10.2 Å². The van der Waals surface area contributed by atoms with Crippen LogP contribution < -0.4 is 5.73 Å². The van der Waals surface area contributed by atoms with Crippen LogP contribution in [0, 0.1) is 5.92 Å². The highest BCUT2D eigenvalue weighted by molar-refractivity contribution is 7.18. The summed E-state index contributed by atoms with van der Waals surface area (Å²) in [4.78, 5) is 19.5. The van der Waals surface area contributed by atoms with Crippen molar-refractivity contribution < 1.29 is 4.79 Å². The molecule has 2 heterocycles. The lowest BCUT2D eigenvalue weighted by Gasteiger charge is -2.33. The standard InChI is InChI=1S/C18H23N3OS/c19-14-5-3-4-13(14)18(22)21-10-8-12(9-11-21)17-20-15-6-1-2-7-16(15)23-17/h1-2,6-7,12-14H,3-5,8-11,19H2. The topological polar surface area (TPSA) is 59.2 Å². The summed E-state index contributed by atoms with van der Waals surface area (Å²) in [5.74, 6) is 0.848. The Bertz CT molecular complexity index is 672. The van der Waals surface area contributed by atoms with Crippen molar-refractivity contribution in [2.45, 2.75) is 44.1 Å². The van der Waals surface area contributed by atoms with Crippen LogP contribution in [0.2, 0.25) is 0 Å². The maximum absolute atomic E-state index is 12.6. The molecule has 0 radical (unpaired) electrons. The van der Waals surface area contributed by atoms with Crippen molar-refractivity contribution in [1.82, 2.24) is 9.88 Å². The van der Waals surface area contributed by atoms with Gasteiger partial charge in [-0.3, -0.25) is 4.79 Å². The first kappa shape index (κ1) is 15.1. The number of rotatable bonds is 2. The van der Waals surface area contributed by atoms with Crippen LogP contribution in [0.3, 0.4) is 0 Å². The van der Waals surface area contributed by atoms with Crippen molar-refractivity contribution in [3.8, 4) is 0 Å². The van der Waals surface area contributed by atoms with Gasteiger partial charge in [0.2, 0.25) is 5.91 Å². The molecular weight excluding hydrogens is 306 g/mol. The van der Waals surface area contributed by atoms with Gasteiger partial charge >= 0.3 is 0 Å². The van der Waals surface area contributed by atoms with Crippen LogP contribution in [0.5, 0.6) is 0 Å². The summed E-state index contributed by atoms with van der Waals surface area (Å²) in [6.45, 7) is 1.70. The molecule has 2 aliphatic rings. The molecule has 0 bridgehead atoms. The first-order chi connectivity index (χ1) is 11.2. The third-order valence-electron chi connectivity index (χ3n) is 5.35. The number of carbonyl (C=O) groups excluding carboxylic acids is 1. The summed E-state index contributed by atoms with van der Waals surface area (Å²) in [6, 6.07) is 8.39. The molecule has 2 N–H and O–H groups in total. The average Bonchev–Trinajstić information content (AvgIpc) is 3.20. The molecule has 2 unspecified atom stereocenters. The van der Waals surface area contributed by atoms with Gasteiger partial charge in [0, 0.05) is 25.0 Å². The van der Waals surface area contributed by atoms with Gasteiger partial charge in [0.1, 0.15) is 0 Å². The molecule has 1 aromatic heterocycles. The smallest absolute Gasteiger partial charge is 0.227 e. The molecule has 122 valence electrons. The van der Waals surface area contributed by atoms with E-state index in [4.69, 9.17) is 10.7 Å². The van der Waals surface area contributed by atoms with E-state index in [1.807, 2.05) is 11.0 Å². The average molecular weight is 329 g/mol. The Balaban J connectivity index is 1.41. The second-order valence-electron chi connectivity index (χ2n) is 6.82. The van der Waals surface area contributed by atoms with Crippen molar-refractivity contribution in [3.63, 3.8) is 0 Å². The SMILES string of the molecule is NC1CCCC1C(=O)N1CCC(c2nc3ccccc3s2)CC1. The molecule has 1 aliphatic carbocycles. The van der Waals surface area contributed by atoms with Crippen molar-refractivity contribution in [2.75, 3.05) is 13.1 Å². The summed E-state index contributed by atoms with van der Waals surface area (Å²) >= 11 is 1.80. The molecule has 1 aromatic carbocycles. The summed E-state index contributed by atoms with van der Waals surface area (Å²) < 4.78 is 1.26. The van der Waals surface area contributed by atoms with Gasteiger partial charge in [0.25, 0.3) is 0 Å². The van der Waals surface area contributed by atoms with E-state index >= 15 is 0 Å². The Morgan fingerprint density at radius 2 is 1.96 bits per heavy atom. The lowest BCUT2D eigenvalue weighted by atomic mass is 9.95. The number of nitrogens with zero attached hydrogens (tertiary/aromatic N) is 2. The summed E-state index contributed by atoms with van der Waals surface area (Å²) in [7, 11) is 0. The molecule has 4 rings (SSSR count). The minimum absolute atomic E-state index is 0.0639. The number of para-hydroxylation sites is 1. The number of thiazole rings is 1. The van der Waals surface area contributed by atoms with E-state index in [-0.39, 0.29) is 17.9 Å². The predicted octanol–water partition coefficient (Wildman–Crippen LogP) is 3.13. The van der Waals surface area contributed by atoms with Gasteiger partial charge in [-0.15, -0.1) is 11.3 Å². The maximum Gasteiger partial charge on any atom is 0.227 e. The third-order valence-corrected chi connectivity index (χ3v) is 6.55. The number of likely N-dealkylation sites (tertiary alicyclic amines) is 1. The molecule has 23 heavy (non-hydrogen) atoms. The van der Waals surface area contributed by atoms with E-state index in [0.717, 1.165) is 50.7 Å². The fourth-order valence-corrected chi connectivity index (χ4v) is 5.08. The first-order valence-corrected chi connectivity index (χ1v) is 9.44. The molecule has 2 aromatic rings. The molecule has 1 amide bonds. The van der Waals surface area contributed by atoms with E-state index < -0.39 is 0 Å². The first-order valence-electron chi connectivity index (χ1n) is 8.62. The van der Waals surface area contributed by atoms with Crippen LogP contribution in [-0.2, 0) is 4.79 Å². The highest BCUT2D eigenvalue weighted by atomic mass is 32.1. The second kappa shape index (κ2) is 6.21. The van der Waals surface area contributed by atoms with Crippen molar-refractivity contribution >= 4 is 27.5 Å². The van der Waals surface area contributed by atoms with Crippen molar-refractivity contribution in [1.29, 1.82) is 0 Å². The number of piperidine rings is 1. The van der Waals surface area contributed by atoms with Gasteiger partial charge < -0.3 is 10.6 Å². The Morgan fingerprint density at radius 1 is 1.17 bits per heavy atom. The van der Waals surface area contributed by atoms with Crippen LogP contribution in [0.15, 0.2) is 24.3 Å². The molecule has 2 fully saturated rings. The summed E-state index contributed by atoms with van der Waals surface area (Å²) in [5, 5.41) is 1.23. The zero-order valence-corrected chi connectivity index (χ0v) is 14.1. The predicted molar refractivity (Wildman–Crippen MR) is 93.5 cm³/mol. The van der Waals surface area contributed by atoms with Gasteiger partial charge in [-0.2, -0.15) is 0 Å². The van der Waals surface area contributed by atoms with Gasteiger partial charge in [-0.1, -0.05) is 18.6 Å². The van der Waals surface area contributed by atoms with Crippen LogP contribution in [0.4, 0.5) is 0 Å². The normalized spacial score (nSPS) is 26.0. The van der Waals surface area contributed by atoms with E-state index in [2.05, 4.69) is 18.2 Å². The van der Waals surface area contributed by atoms with Crippen LogP contribution in [-0.4, -0.2) is 34.9 Å². The Hall–Kier alpha value is -1.46. The van der Waals surface area contributed by atoms with Gasteiger partial charge in [-0.25, -0.2) is 4.98 Å². The maximum atomic E-state index is 12.6. The van der Waals surface area contributed by atoms with Gasteiger partial charge in [0.15, 0.2) is 0 Å². The Labute approximate surface area is 140 Å². The quantitative estimate of drug-likeness (QED) is 0.921. The Kier molecular flexibility index (Phi) is 4.07. The number of hydrogen-bond acceptors (Lipinski definition) is 4. The molecule has 5 heteroatoms. The minimum atomic E-state index is 0.0639. The summed E-state index contributed by atoms with van der Waals surface area (Å²) in [6.07, 6.45) is 5.11. The van der Waals surface area contributed by atoms with E-state index in [0.29, 0.717) is 5.92 Å².